The molecule has 1 fully saturated rings. The van der Waals surface area contributed by atoms with Gasteiger partial charge < -0.3 is 10.1 Å². The van der Waals surface area contributed by atoms with E-state index in [2.05, 4.69) is 11.4 Å². The van der Waals surface area contributed by atoms with Crippen LogP contribution in [0.15, 0.2) is 24.3 Å². The lowest BCUT2D eigenvalue weighted by molar-refractivity contribution is 0.0903. The Bertz CT molecular complexity index is 387. The van der Waals surface area contributed by atoms with Crippen LogP contribution in [0, 0.1) is 0 Å². The molecule has 1 aromatic carbocycles. The Morgan fingerprint density at radius 3 is 3.00 bits per heavy atom. The lowest BCUT2D eigenvalue weighted by Crippen LogP contribution is -2.39. The molecule has 0 aliphatic carbocycles. The Hall–Kier alpha value is -0.540. The van der Waals surface area contributed by atoms with Crippen molar-refractivity contribution in [1.29, 1.82) is 0 Å². The minimum Gasteiger partial charge on any atom is -0.378 e. The highest BCUT2D eigenvalue weighted by atomic mass is 35.5. The number of halogens is 2. The van der Waals surface area contributed by atoms with Crippen molar-refractivity contribution in [2.24, 2.45) is 0 Å². The fourth-order valence-electron chi connectivity index (χ4n) is 1.57. The van der Waals surface area contributed by atoms with E-state index in [1.807, 2.05) is 12.1 Å². The van der Waals surface area contributed by atoms with Crippen molar-refractivity contribution in [1.82, 2.24) is 5.32 Å². The molecule has 0 saturated carbocycles. The summed E-state index contributed by atoms with van der Waals surface area (Å²) in [6.07, 6.45) is 4.03. The average molecular weight is 258 g/mol. The zero-order valence-electron chi connectivity index (χ0n) is 8.75. The number of benzene rings is 1. The quantitative estimate of drug-likeness (QED) is 0.880. The summed E-state index contributed by atoms with van der Waals surface area (Å²) in [6.45, 7) is 2.37. The summed E-state index contributed by atoms with van der Waals surface area (Å²) in [6, 6.07) is 5.69. The zero-order valence-corrected chi connectivity index (χ0v) is 10.3. The molecule has 1 aromatic rings. The lowest BCUT2D eigenvalue weighted by Gasteiger charge is -2.20. The number of hydrogen-bond acceptors (Lipinski definition) is 2. The summed E-state index contributed by atoms with van der Waals surface area (Å²) in [4.78, 5) is 0. The van der Waals surface area contributed by atoms with Gasteiger partial charge in [-0.3, -0.25) is 0 Å². The molecule has 1 N–H and O–H groups in total. The minimum absolute atomic E-state index is 0.254. The van der Waals surface area contributed by atoms with Crippen molar-refractivity contribution in [2.75, 3.05) is 19.8 Å². The molecule has 1 aliphatic heterocycles. The molecule has 1 atom stereocenters. The van der Waals surface area contributed by atoms with Gasteiger partial charge in [0.15, 0.2) is 0 Å². The van der Waals surface area contributed by atoms with Gasteiger partial charge in [0.1, 0.15) is 0 Å². The number of ether oxygens (including phenoxy) is 1. The van der Waals surface area contributed by atoms with Crippen molar-refractivity contribution in [3.05, 3.63) is 39.9 Å². The molecule has 16 heavy (non-hydrogen) atoms. The topological polar surface area (TPSA) is 21.3 Å². The highest BCUT2D eigenvalue weighted by molar-refractivity contribution is 6.34. The van der Waals surface area contributed by atoms with Gasteiger partial charge in [-0.2, -0.15) is 0 Å². The molecule has 0 aromatic heterocycles. The molecule has 4 heteroatoms. The minimum atomic E-state index is 0.254. The standard InChI is InChI=1S/C12H13Cl2NO/c13-10-2-4-12(14)9(7-10)1-3-11-8-16-6-5-15-11/h1-4,7,11,15H,5-6,8H2/b3-1+. The van der Waals surface area contributed by atoms with E-state index in [0.717, 1.165) is 18.7 Å². The van der Waals surface area contributed by atoms with Crippen molar-refractivity contribution in [3.8, 4) is 0 Å². The Morgan fingerprint density at radius 2 is 2.25 bits per heavy atom. The fraction of sp³-hybridized carbons (Fsp3) is 0.333. The van der Waals surface area contributed by atoms with Crippen LogP contribution in [-0.2, 0) is 4.74 Å². The van der Waals surface area contributed by atoms with Crippen LogP contribution in [-0.4, -0.2) is 25.8 Å². The maximum atomic E-state index is 6.05. The molecule has 0 spiro atoms. The van der Waals surface area contributed by atoms with Crippen LogP contribution in [0.5, 0.6) is 0 Å². The van der Waals surface area contributed by atoms with Gasteiger partial charge in [0.2, 0.25) is 0 Å². The lowest BCUT2D eigenvalue weighted by atomic mass is 10.1. The average Bonchev–Trinajstić information content (AvgIpc) is 2.32. The zero-order chi connectivity index (χ0) is 11.4. The maximum Gasteiger partial charge on any atom is 0.0656 e. The Labute approximate surface area is 105 Å². The summed E-state index contributed by atoms with van der Waals surface area (Å²) in [5.74, 6) is 0. The van der Waals surface area contributed by atoms with Gasteiger partial charge in [0.25, 0.3) is 0 Å². The first-order valence-corrected chi connectivity index (χ1v) is 5.96. The largest absolute Gasteiger partial charge is 0.378 e. The number of morpholine rings is 1. The predicted molar refractivity (Wildman–Crippen MR) is 68.1 cm³/mol. The molecular weight excluding hydrogens is 245 g/mol. The molecular formula is C12H13Cl2NO. The highest BCUT2D eigenvalue weighted by Crippen LogP contribution is 2.21. The van der Waals surface area contributed by atoms with Crippen LogP contribution in [0.4, 0.5) is 0 Å². The highest BCUT2D eigenvalue weighted by Gasteiger charge is 2.09. The van der Waals surface area contributed by atoms with Gasteiger partial charge in [-0.05, 0) is 23.8 Å². The van der Waals surface area contributed by atoms with Crippen molar-refractivity contribution >= 4 is 29.3 Å². The second-order valence-corrected chi connectivity index (χ2v) is 4.50. The molecule has 2 nitrogen and oxygen atoms in total. The molecule has 2 rings (SSSR count). The van der Waals surface area contributed by atoms with Gasteiger partial charge in [0.05, 0.1) is 13.2 Å². The third-order valence-corrected chi connectivity index (χ3v) is 3.00. The first-order valence-electron chi connectivity index (χ1n) is 5.20. The van der Waals surface area contributed by atoms with Crippen LogP contribution in [0.3, 0.4) is 0 Å². The van der Waals surface area contributed by atoms with Crippen LogP contribution in [0.25, 0.3) is 6.08 Å². The van der Waals surface area contributed by atoms with E-state index in [1.54, 1.807) is 12.1 Å². The van der Waals surface area contributed by atoms with Crippen molar-refractivity contribution in [2.45, 2.75) is 6.04 Å². The van der Waals surface area contributed by atoms with Crippen molar-refractivity contribution < 1.29 is 4.74 Å². The Balaban J connectivity index is 2.07. The first-order chi connectivity index (χ1) is 7.75. The van der Waals surface area contributed by atoms with Crippen molar-refractivity contribution in [3.63, 3.8) is 0 Å². The number of hydrogen-bond donors (Lipinski definition) is 1. The maximum absolute atomic E-state index is 6.05. The third kappa shape index (κ3) is 3.22. The van der Waals surface area contributed by atoms with Gasteiger partial charge >= 0.3 is 0 Å². The summed E-state index contributed by atoms with van der Waals surface area (Å²) in [5.41, 5.74) is 0.932. The van der Waals surface area contributed by atoms with E-state index in [9.17, 15) is 0 Å². The molecule has 0 radical (unpaired) electrons. The molecule has 1 unspecified atom stereocenters. The second-order valence-electron chi connectivity index (χ2n) is 3.66. The van der Waals surface area contributed by atoms with Gasteiger partial charge in [-0.1, -0.05) is 35.4 Å². The van der Waals surface area contributed by atoms with E-state index in [4.69, 9.17) is 27.9 Å². The third-order valence-electron chi connectivity index (χ3n) is 2.42. The monoisotopic (exact) mass is 257 g/mol. The summed E-state index contributed by atoms with van der Waals surface area (Å²) < 4.78 is 5.35. The molecule has 1 aliphatic rings. The Kier molecular flexibility index (Phi) is 4.24. The molecule has 0 bridgehead atoms. The molecule has 1 saturated heterocycles. The van der Waals surface area contributed by atoms with Crippen LogP contribution in [0.2, 0.25) is 10.0 Å². The van der Waals surface area contributed by atoms with Gasteiger partial charge in [-0.25, -0.2) is 0 Å². The number of nitrogens with one attached hydrogen (secondary N) is 1. The Morgan fingerprint density at radius 1 is 1.38 bits per heavy atom. The number of rotatable bonds is 2. The summed E-state index contributed by atoms with van der Waals surface area (Å²) >= 11 is 12.0. The van der Waals surface area contributed by atoms with E-state index in [0.29, 0.717) is 16.7 Å². The van der Waals surface area contributed by atoms with E-state index in [1.165, 1.54) is 0 Å². The van der Waals surface area contributed by atoms with Crippen LogP contribution >= 0.6 is 23.2 Å². The summed E-state index contributed by atoms with van der Waals surface area (Å²) in [5, 5.41) is 4.73. The summed E-state index contributed by atoms with van der Waals surface area (Å²) in [7, 11) is 0. The van der Waals surface area contributed by atoms with Gasteiger partial charge in [0, 0.05) is 22.6 Å². The van der Waals surface area contributed by atoms with Gasteiger partial charge in [-0.15, -0.1) is 0 Å². The fourth-order valence-corrected chi connectivity index (χ4v) is 1.93. The predicted octanol–water partition coefficient (Wildman–Crippen LogP) is 3.00. The SMILES string of the molecule is Clc1ccc(Cl)c(/C=C/C2COCCN2)c1. The first kappa shape index (κ1) is 11.9. The second kappa shape index (κ2) is 5.69. The molecule has 0 amide bonds. The van der Waals surface area contributed by atoms with Crippen LogP contribution < -0.4 is 5.32 Å². The molecule has 1 heterocycles. The van der Waals surface area contributed by atoms with E-state index >= 15 is 0 Å². The van der Waals surface area contributed by atoms with Crippen LogP contribution in [0.1, 0.15) is 5.56 Å². The normalized spacial score (nSPS) is 21.5. The molecule has 86 valence electrons. The van der Waals surface area contributed by atoms with E-state index in [-0.39, 0.29) is 6.04 Å². The van der Waals surface area contributed by atoms with E-state index < -0.39 is 0 Å². The smallest absolute Gasteiger partial charge is 0.0656 e.